The van der Waals surface area contributed by atoms with Crippen LogP contribution < -0.4 is 9.47 Å². The van der Waals surface area contributed by atoms with Gasteiger partial charge >= 0.3 is 0 Å². The van der Waals surface area contributed by atoms with Crippen molar-refractivity contribution in [1.82, 2.24) is 9.97 Å². The lowest BCUT2D eigenvalue weighted by atomic mass is 10.2. The number of ether oxygens (including phenoxy) is 2. The van der Waals surface area contributed by atoms with E-state index in [4.69, 9.17) is 32.7 Å². The molecule has 0 bridgehead atoms. The lowest BCUT2D eigenvalue weighted by molar-refractivity contribution is 0.243. The third kappa shape index (κ3) is 5.90. The predicted molar refractivity (Wildman–Crippen MR) is 138 cm³/mol. The van der Waals surface area contributed by atoms with E-state index in [9.17, 15) is 0 Å². The first kappa shape index (κ1) is 23.8. The van der Waals surface area contributed by atoms with E-state index in [2.05, 4.69) is 32.6 Å². The second-order valence-corrected chi connectivity index (χ2v) is 9.32. The summed E-state index contributed by atoms with van der Waals surface area (Å²) in [5.74, 6) is 1.60. The molecule has 0 atom stereocenters. The second kappa shape index (κ2) is 10.7. The fourth-order valence-corrected chi connectivity index (χ4v) is 4.31. The van der Waals surface area contributed by atoms with Gasteiger partial charge in [0.2, 0.25) is 0 Å². The summed E-state index contributed by atoms with van der Waals surface area (Å²) in [5, 5.41) is 3.27. The molecular weight excluding hydrogens is 546 g/mol. The molecule has 2 aromatic heterocycles. The van der Waals surface area contributed by atoms with E-state index < -0.39 is 0 Å². The average Bonchev–Trinajstić information content (AvgIpc) is 2.73. The molecule has 2 heterocycles. The number of pyridine rings is 2. The predicted octanol–water partition coefficient (Wildman–Crippen LogP) is 7.96. The van der Waals surface area contributed by atoms with Crippen LogP contribution in [-0.4, -0.2) is 22.2 Å². The summed E-state index contributed by atoms with van der Waals surface area (Å²) >= 11 is 14.5. The molecule has 4 nitrogen and oxygen atoms in total. The minimum atomic E-state index is 0.125. The van der Waals surface area contributed by atoms with E-state index in [0.29, 0.717) is 10.0 Å². The summed E-state index contributed by atoms with van der Waals surface area (Å²) in [5.41, 5.74) is 1.65. The highest BCUT2D eigenvalue weighted by molar-refractivity contribution is 14.1. The molecule has 0 radical (unpaired) electrons. The van der Waals surface area contributed by atoms with Gasteiger partial charge in [0.05, 0.1) is 25.8 Å². The van der Waals surface area contributed by atoms with Crippen LogP contribution in [0, 0.1) is 3.57 Å². The van der Waals surface area contributed by atoms with E-state index in [1.54, 1.807) is 12.4 Å². The second-order valence-electron chi connectivity index (χ2n) is 7.35. The van der Waals surface area contributed by atoms with Crippen molar-refractivity contribution in [3.63, 3.8) is 0 Å². The van der Waals surface area contributed by atoms with Crippen molar-refractivity contribution in [2.24, 2.45) is 0 Å². The van der Waals surface area contributed by atoms with Crippen molar-refractivity contribution in [3.05, 3.63) is 68.5 Å². The Kier molecular flexibility index (Phi) is 8.19. The van der Waals surface area contributed by atoms with Gasteiger partial charge in [0, 0.05) is 23.2 Å². The molecule has 2 aromatic carbocycles. The fraction of sp³-hybridized carbons (Fsp3) is 0.250. The molecule has 0 amide bonds. The van der Waals surface area contributed by atoms with Crippen LogP contribution in [0.4, 0.5) is 0 Å². The highest BCUT2D eigenvalue weighted by Gasteiger charge is 2.13. The molecule has 4 aromatic rings. The first-order valence-electron chi connectivity index (χ1n) is 9.87. The molecule has 162 valence electrons. The number of halogens is 3. The highest BCUT2D eigenvalue weighted by Crippen LogP contribution is 2.35. The molecule has 0 saturated heterocycles. The molecular formula is C24H23Cl2IN2O2. The Morgan fingerprint density at radius 3 is 1.97 bits per heavy atom. The maximum absolute atomic E-state index is 6.17. The zero-order valence-electron chi connectivity index (χ0n) is 17.7. The lowest BCUT2D eigenvalue weighted by Crippen LogP contribution is -2.07. The van der Waals surface area contributed by atoms with Crippen molar-refractivity contribution in [3.8, 4) is 11.5 Å². The molecule has 0 aliphatic rings. The van der Waals surface area contributed by atoms with Crippen molar-refractivity contribution >= 4 is 67.6 Å². The van der Waals surface area contributed by atoms with Crippen LogP contribution in [0.3, 0.4) is 0 Å². The smallest absolute Gasteiger partial charge is 0.159 e. The Balaban J connectivity index is 0.000000176. The van der Waals surface area contributed by atoms with E-state index in [1.807, 2.05) is 70.2 Å². The van der Waals surface area contributed by atoms with Gasteiger partial charge in [0.25, 0.3) is 0 Å². The summed E-state index contributed by atoms with van der Waals surface area (Å²) in [7, 11) is 0. The molecule has 0 unspecified atom stereocenters. The zero-order valence-corrected chi connectivity index (χ0v) is 21.4. The quantitative estimate of drug-likeness (QED) is 0.234. The fourth-order valence-electron chi connectivity index (χ4n) is 2.96. The first-order valence-corrected chi connectivity index (χ1v) is 11.7. The van der Waals surface area contributed by atoms with Gasteiger partial charge in [0.15, 0.2) is 5.75 Å². The average molecular weight is 569 g/mol. The van der Waals surface area contributed by atoms with E-state index in [0.717, 1.165) is 36.9 Å². The van der Waals surface area contributed by atoms with Gasteiger partial charge in [-0.15, -0.1) is 0 Å². The summed E-state index contributed by atoms with van der Waals surface area (Å²) in [4.78, 5) is 8.63. The number of nitrogens with zero attached hydrogens (tertiary/aromatic N) is 2. The number of rotatable bonds is 4. The van der Waals surface area contributed by atoms with E-state index in [-0.39, 0.29) is 12.2 Å². The highest BCUT2D eigenvalue weighted by atomic mass is 127. The summed E-state index contributed by atoms with van der Waals surface area (Å²) < 4.78 is 12.4. The number of hydrogen-bond donors (Lipinski definition) is 0. The Morgan fingerprint density at radius 2 is 1.35 bits per heavy atom. The first-order chi connectivity index (χ1) is 14.8. The zero-order chi connectivity index (χ0) is 22.5. The van der Waals surface area contributed by atoms with Gasteiger partial charge < -0.3 is 9.47 Å². The van der Waals surface area contributed by atoms with Crippen LogP contribution in [0.5, 0.6) is 11.5 Å². The normalized spacial score (nSPS) is 11.0. The van der Waals surface area contributed by atoms with Crippen LogP contribution in [0.15, 0.2) is 54.9 Å². The number of fused-ring (bicyclic) bond motifs is 2. The van der Waals surface area contributed by atoms with Crippen molar-refractivity contribution in [1.29, 1.82) is 0 Å². The Bertz CT molecular complexity index is 1200. The van der Waals surface area contributed by atoms with Crippen molar-refractivity contribution in [2.45, 2.75) is 39.9 Å². The molecule has 4 rings (SSSR count). The van der Waals surface area contributed by atoms with Gasteiger partial charge in [-0.05, 0) is 92.8 Å². The molecule has 31 heavy (non-hydrogen) atoms. The minimum absolute atomic E-state index is 0.125. The van der Waals surface area contributed by atoms with Crippen molar-refractivity contribution in [2.75, 3.05) is 0 Å². The van der Waals surface area contributed by atoms with Crippen molar-refractivity contribution < 1.29 is 9.47 Å². The largest absolute Gasteiger partial charge is 0.489 e. The van der Waals surface area contributed by atoms with E-state index in [1.165, 1.54) is 0 Å². The monoisotopic (exact) mass is 568 g/mol. The Hall–Kier alpha value is -1.83. The summed E-state index contributed by atoms with van der Waals surface area (Å²) in [6.45, 7) is 7.98. The molecule has 0 spiro atoms. The van der Waals surface area contributed by atoms with Gasteiger partial charge in [-0.2, -0.15) is 0 Å². The molecule has 7 heteroatoms. The number of aromatic nitrogens is 2. The van der Waals surface area contributed by atoms with Gasteiger partial charge in [-0.25, -0.2) is 0 Å². The third-order valence-electron chi connectivity index (χ3n) is 4.15. The minimum Gasteiger partial charge on any atom is -0.489 e. The van der Waals surface area contributed by atoms with Crippen LogP contribution in [0.2, 0.25) is 10.0 Å². The van der Waals surface area contributed by atoms with Gasteiger partial charge in [-0.1, -0.05) is 23.2 Å². The number of benzene rings is 2. The Labute approximate surface area is 206 Å². The molecule has 0 aliphatic heterocycles. The molecule has 0 aliphatic carbocycles. The summed E-state index contributed by atoms with van der Waals surface area (Å²) in [6, 6.07) is 13.2. The third-order valence-corrected chi connectivity index (χ3v) is 5.59. The molecule has 0 N–H and O–H groups in total. The maximum atomic E-state index is 6.17. The van der Waals surface area contributed by atoms with Crippen LogP contribution >= 0.6 is 45.8 Å². The summed E-state index contributed by atoms with van der Waals surface area (Å²) in [6.07, 6.45) is 3.75. The topological polar surface area (TPSA) is 44.2 Å². The molecule has 0 fully saturated rings. The maximum Gasteiger partial charge on any atom is 0.159 e. The van der Waals surface area contributed by atoms with E-state index >= 15 is 0 Å². The SMILES string of the molecule is CC(C)Oc1c(I)cc(Cl)c2cccnc12.CC(C)Oc1ccc(Cl)c2cccnc12. The lowest BCUT2D eigenvalue weighted by Gasteiger charge is -2.14. The molecule has 0 saturated carbocycles. The van der Waals surface area contributed by atoms with Crippen LogP contribution in [0.25, 0.3) is 21.8 Å². The number of hydrogen-bond acceptors (Lipinski definition) is 4. The van der Waals surface area contributed by atoms with Gasteiger partial charge in [-0.3, -0.25) is 9.97 Å². The standard InChI is InChI=1S/C12H11ClINO.C12H12ClNO/c1-7(2)16-12-10(14)6-9(13)8-4-3-5-15-11(8)12;1-8(2)15-11-6-5-10(13)9-4-3-7-14-12(9)11/h3-7H,1-2H3;3-8H,1-2H3. The van der Waals surface area contributed by atoms with Crippen LogP contribution in [0.1, 0.15) is 27.7 Å². The van der Waals surface area contributed by atoms with Gasteiger partial charge in [0.1, 0.15) is 16.8 Å². The van der Waals surface area contributed by atoms with Crippen LogP contribution in [-0.2, 0) is 0 Å². The Morgan fingerprint density at radius 1 is 0.774 bits per heavy atom.